The van der Waals surface area contributed by atoms with Gasteiger partial charge in [0, 0.05) is 0 Å². The van der Waals surface area contributed by atoms with Gasteiger partial charge in [0.2, 0.25) is 10.4 Å². The summed E-state index contributed by atoms with van der Waals surface area (Å²) < 4.78 is 40.0. The van der Waals surface area contributed by atoms with E-state index in [2.05, 4.69) is 11.1 Å². The first-order chi connectivity index (χ1) is 13.4. The maximum Gasteiger partial charge on any atom is 1.00 e. The van der Waals surface area contributed by atoms with Crippen LogP contribution in [0.4, 0.5) is 0 Å². The van der Waals surface area contributed by atoms with Gasteiger partial charge in [0.15, 0.2) is 0 Å². The zero-order valence-electron chi connectivity index (χ0n) is 19.5. The largest absolute Gasteiger partial charge is 1.00 e. The standard InChI is InChI=1S/C20H41NO6S.2Na/c1-2-3-4-5-6-7-8-9-10-11-12-13-14-15-16-19(20(21)22)26-17-18-27-28(23,24)25;;/h19H,2-18H2,1H3,(H2,21,22)(H,23,24,25);;/q;2*+1/p-2. The summed E-state index contributed by atoms with van der Waals surface area (Å²) in [4.78, 5) is 0. The molecule has 0 heterocycles. The third-order valence-electron chi connectivity index (χ3n) is 4.74. The van der Waals surface area contributed by atoms with Crippen molar-refractivity contribution in [3.8, 4) is 0 Å². The van der Waals surface area contributed by atoms with Crippen LogP contribution < -0.4 is 64.2 Å². The minimum absolute atomic E-state index is 0. The zero-order chi connectivity index (χ0) is 21.1. The van der Waals surface area contributed by atoms with E-state index in [4.69, 9.17) is 10.1 Å². The fourth-order valence-corrected chi connectivity index (χ4v) is 3.41. The van der Waals surface area contributed by atoms with Crippen LogP contribution in [0.15, 0.2) is 0 Å². The monoisotopic (exact) mass is 467 g/mol. The van der Waals surface area contributed by atoms with E-state index in [0.29, 0.717) is 6.42 Å². The van der Waals surface area contributed by atoms with Gasteiger partial charge >= 0.3 is 59.1 Å². The van der Waals surface area contributed by atoms with E-state index in [1.165, 1.54) is 70.6 Å². The Labute approximate surface area is 228 Å². The normalized spacial score (nSPS) is 12.1. The second-order valence-corrected chi connectivity index (χ2v) is 8.39. The van der Waals surface area contributed by atoms with Crippen molar-refractivity contribution >= 4 is 16.3 Å². The molecule has 0 rings (SSSR count). The van der Waals surface area contributed by atoms with E-state index < -0.39 is 29.0 Å². The van der Waals surface area contributed by atoms with Gasteiger partial charge < -0.3 is 19.8 Å². The molecule has 0 spiro atoms. The Morgan fingerprint density at radius 2 is 1.20 bits per heavy atom. The van der Waals surface area contributed by atoms with Gasteiger partial charge in [-0.2, -0.15) is 0 Å². The molecular formula is C20H39NNa2O6S. The summed E-state index contributed by atoms with van der Waals surface area (Å²) in [6.07, 6.45) is 17.0. The minimum atomic E-state index is -4.75. The molecule has 0 aromatic carbocycles. The molecule has 1 N–H and O–H groups in total. The molecule has 0 aromatic heterocycles. The molecule has 30 heavy (non-hydrogen) atoms. The van der Waals surface area contributed by atoms with E-state index in [1.807, 2.05) is 0 Å². The number of hydrogen-bond donors (Lipinski definition) is 1. The molecule has 0 amide bonds. The summed E-state index contributed by atoms with van der Waals surface area (Å²) in [5, 5.41) is 18.4. The van der Waals surface area contributed by atoms with Crippen LogP contribution in [0.25, 0.3) is 0 Å². The van der Waals surface area contributed by atoms with E-state index >= 15 is 0 Å². The molecule has 0 aliphatic heterocycles. The van der Waals surface area contributed by atoms with Crippen molar-refractivity contribution in [2.45, 2.75) is 109 Å². The summed E-state index contributed by atoms with van der Waals surface area (Å²) in [5.74, 6) is -0.834. The zero-order valence-corrected chi connectivity index (χ0v) is 24.3. The summed E-state index contributed by atoms with van der Waals surface area (Å²) in [5.41, 5.74) is 0. The summed E-state index contributed by atoms with van der Waals surface area (Å²) >= 11 is 0. The van der Waals surface area contributed by atoms with Gasteiger partial charge in [-0.05, 0) is 12.3 Å². The van der Waals surface area contributed by atoms with Crippen LogP contribution in [-0.2, 0) is 19.3 Å². The first kappa shape index (κ1) is 35.9. The maximum absolute atomic E-state index is 11.2. The van der Waals surface area contributed by atoms with Gasteiger partial charge in [0.1, 0.15) is 0 Å². The van der Waals surface area contributed by atoms with Gasteiger partial charge in [-0.1, -0.05) is 96.8 Å². The predicted octanol–water partition coefficient (Wildman–Crippen LogP) is -1.93. The Hall–Kier alpha value is 1.30. The number of rotatable bonds is 21. The first-order valence-corrected chi connectivity index (χ1v) is 12.2. The van der Waals surface area contributed by atoms with Gasteiger partial charge in [-0.15, -0.1) is 0 Å². The SMILES string of the molecule is CCCCCCCCCCCCCCCCC(OCCOS(=O)(=O)[O-])C(=N)[O-].[Na+].[Na+]. The molecule has 0 fully saturated rings. The van der Waals surface area contributed by atoms with Crippen molar-refractivity contribution in [2.24, 2.45) is 0 Å². The molecule has 0 saturated heterocycles. The molecule has 1 atom stereocenters. The van der Waals surface area contributed by atoms with Crippen molar-refractivity contribution in [2.75, 3.05) is 13.2 Å². The van der Waals surface area contributed by atoms with Crippen LogP contribution in [0, 0.1) is 5.41 Å². The van der Waals surface area contributed by atoms with Crippen LogP contribution in [0.1, 0.15) is 103 Å². The van der Waals surface area contributed by atoms with Crippen LogP contribution in [0.5, 0.6) is 0 Å². The van der Waals surface area contributed by atoms with Crippen molar-refractivity contribution in [3.63, 3.8) is 0 Å². The molecule has 0 aliphatic rings. The predicted molar refractivity (Wildman–Crippen MR) is 108 cm³/mol. The van der Waals surface area contributed by atoms with Gasteiger partial charge in [0.05, 0.1) is 19.3 Å². The van der Waals surface area contributed by atoms with Gasteiger partial charge in [0.25, 0.3) is 0 Å². The Balaban J connectivity index is -0.00000364. The van der Waals surface area contributed by atoms with Crippen molar-refractivity contribution < 1.29 is 86.1 Å². The number of nitrogens with one attached hydrogen (secondary N) is 1. The molecule has 0 aliphatic carbocycles. The van der Waals surface area contributed by atoms with E-state index in [9.17, 15) is 18.1 Å². The summed E-state index contributed by atoms with van der Waals surface area (Å²) in [7, 11) is -4.75. The maximum atomic E-state index is 11.2. The summed E-state index contributed by atoms with van der Waals surface area (Å²) in [6, 6.07) is 0. The van der Waals surface area contributed by atoms with Crippen LogP contribution in [0.3, 0.4) is 0 Å². The number of hydrogen-bond acceptors (Lipinski definition) is 7. The first-order valence-electron chi connectivity index (χ1n) is 10.8. The Bertz CT molecular complexity index is 480. The van der Waals surface area contributed by atoms with E-state index in [0.717, 1.165) is 19.3 Å². The quantitative estimate of drug-likeness (QED) is 0.0524. The van der Waals surface area contributed by atoms with Crippen LogP contribution >= 0.6 is 0 Å². The molecule has 0 aromatic rings. The van der Waals surface area contributed by atoms with Crippen molar-refractivity contribution in [1.82, 2.24) is 0 Å². The number of ether oxygens (including phenoxy) is 1. The van der Waals surface area contributed by atoms with E-state index in [1.54, 1.807) is 0 Å². The Morgan fingerprint density at radius 3 is 1.57 bits per heavy atom. The van der Waals surface area contributed by atoms with Crippen molar-refractivity contribution in [1.29, 1.82) is 5.41 Å². The molecular weight excluding hydrogens is 428 g/mol. The molecule has 10 heteroatoms. The second-order valence-electron chi connectivity index (χ2n) is 7.34. The van der Waals surface area contributed by atoms with Crippen LogP contribution in [0.2, 0.25) is 0 Å². The molecule has 168 valence electrons. The molecule has 7 nitrogen and oxygen atoms in total. The van der Waals surface area contributed by atoms with E-state index in [-0.39, 0.29) is 65.7 Å². The van der Waals surface area contributed by atoms with Gasteiger partial charge in [-0.25, -0.2) is 8.42 Å². The third-order valence-corrected chi connectivity index (χ3v) is 5.20. The third kappa shape index (κ3) is 27.3. The molecule has 0 saturated carbocycles. The minimum Gasteiger partial charge on any atom is -0.860 e. The molecule has 1 unspecified atom stereocenters. The average Bonchev–Trinajstić information content (AvgIpc) is 2.62. The summed E-state index contributed by atoms with van der Waals surface area (Å²) in [6.45, 7) is 1.61. The molecule has 0 radical (unpaired) electrons. The topological polar surface area (TPSA) is 123 Å². The fraction of sp³-hybridized carbons (Fsp3) is 0.950. The Morgan fingerprint density at radius 1 is 0.800 bits per heavy atom. The average molecular weight is 468 g/mol. The Kier molecular flexibility index (Phi) is 29.8. The van der Waals surface area contributed by atoms with Crippen molar-refractivity contribution in [3.05, 3.63) is 0 Å². The number of unbranched alkanes of at least 4 members (excludes halogenated alkanes) is 13. The van der Waals surface area contributed by atoms with Gasteiger partial charge in [-0.3, -0.25) is 4.18 Å². The fourth-order valence-electron chi connectivity index (χ4n) is 3.14. The molecule has 0 bridgehead atoms. The van der Waals surface area contributed by atoms with Crippen LogP contribution in [-0.4, -0.2) is 38.2 Å². The smallest absolute Gasteiger partial charge is 0.860 e. The second kappa shape index (κ2) is 24.9.